The largest absolute Gasteiger partial charge is 0.493 e. The van der Waals surface area contributed by atoms with Crippen LogP contribution in [0.2, 0.25) is 0 Å². The number of ether oxygens (including phenoxy) is 1. The third-order valence-electron chi connectivity index (χ3n) is 4.40. The Labute approximate surface area is 119 Å². The fraction of sp³-hybridized carbons (Fsp3) is 0.562. The first kappa shape index (κ1) is 12.2. The van der Waals surface area contributed by atoms with Gasteiger partial charge < -0.3 is 15.0 Å². The summed E-state index contributed by atoms with van der Waals surface area (Å²) in [6.07, 6.45) is 5.73. The molecule has 2 aliphatic heterocycles. The maximum Gasteiger partial charge on any atom is 0.121 e. The highest BCUT2D eigenvalue weighted by atomic mass is 16.5. The number of nitrogens with zero attached hydrogens (tertiary/aromatic N) is 2. The molecular weight excluding hydrogens is 250 g/mol. The molecule has 0 bridgehead atoms. The quantitative estimate of drug-likeness (QED) is 0.917. The van der Waals surface area contributed by atoms with E-state index in [9.17, 15) is 0 Å². The average Bonchev–Trinajstić information content (AvgIpc) is 3.31. The molecule has 106 valence electrons. The lowest BCUT2D eigenvalue weighted by Gasteiger charge is -2.37. The number of piperazine rings is 1. The predicted octanol–water partition coefficient (Wildman–Crippen LogP) is 2.36. The number of nitrogens with one attached hydrogen (secondary N) is 1. The summed E-state index contributed by atoms with van der Waals surface area (Å²) in [7, 11) is 0. The summed E-state index contributed by atoms with van der Waals surface area (Å²) < 4.78 is 5.92. The van der Waals surface area contributed by atoms with Crippen molar-refractivity contribution in [2.75, 3.05) is 31.1 Å². The van der Waals surface area contributed by atoms with Gasteiger partial charge in [0.2, 0.25) is 0 Å². The maximum absolute atomic E-state index is 5.92. The van der Waals surface area contributed by atoms with Crippen LogP contribution in [0.1, 0.15) is 19.3 Å². The number of hydrogen-bond acceptors (Lipinski definition) is 4. The Morgan fingerprint density at radius 2 is 2.30 bits per heavy atom. The van der Waals surface area contributed by atoms with E-state index in [2.05, 4.69) is 39.6 Å². The summed E-state index contributed by atoms with van der Waals surface area (Å²) in [6, 6.07) is 6.85. The van der Waals surface area contributed by atoms with Gasteiger partial charge in [0.25, 0.3) is 0 Å². The summed E-state index contributed by atoms with van der Waals surface area (Å²) >= 11 is 0. The van der Waals surface area contributed by atoms with Crippen molar-refractivity contribution in [2.45, 2.75) is 25.3 Å². The third-order valence-corrected chi connectivity index (χ3v) is 4.40. The van der Waals surface area contributed by atoms with Crippen LogP contribution >= 0.6 is 0 Å². The van der Waals surface area contributed by atoms with Gasteiger partial charge in [-0.1, -0.05) is 0 Å². The molecule has 1 aromatic carbocycles. The summed E-state index contributed by atoms with van der Waals surface area (Å²) in [5.74, 6) is 1.78. The lowest BCUT2D eigenvalue weighted by Crippen LogP contribution is -2.51. The van der Waals surface area contributed by atoms with Crippen molar-refractivity contribution >= 4 is 17.6 Å². The fourth-order valence-corrected chi connectivity index (χ4v) is 2.99. The Morgan fingerprint density at radius 3 is 3.20 bits per heavy atom. The van der Waals surface area contributed by atoms with Crippen molar-refractivity contribution < 1.29 is 4.74 Å². The van der Waals surface area contributed by atoms with Crippen molar-refractivity contribution in [2.24, 2.45) is 10.9 Å². The molecule has 4 rings (SSSR count). The summed E-state index contributed by atoms with van der Waals surface area (Å²) in [5.41, 5.74) is 2.31. The highest BCUT2D eigenvalue weighted by Crippen LogP contribution is 2.37. The molecule has 0 aromatic heterocycles. The van der Waals surface area contributed by atoms with Gasteiger partial charge in [-0.2, -0.15) is 0 Å². The molecule has 1 aliphatic carbocycles. The number of anilines is 1. The van der Waals surface area contributed by atoms with E-state index in [1.165, 1.54) is 18.5 Å². The molecule has 4 nitrogen and oxygen atoms in total. The number of benzene rings is 1. The van der Waals surface area contributed by atoms with Gasteiger partial charge in [-0.05, 0) is 30.9 Å². The second-order valence-electron chi connectivity index (χ2n) is 6.00. The van der Waals surface area contributed by atoms with Crippen molar-refractivity contribution in [1.82, 2.24) is 5.32 Å². The van der Waals surface area contributed by atoms with Crippen LogP contribution in [0.25, 0.3) is 0 Å². The van der Waals surface area contributed by atoms with E-state index in [-0.39, 0.29) is 0 Å². The van der Waals surface area contributed by atoms with E-state index in [0.717, 1.165) is 50.0 Å². The van der Waals surface area contributed by atoms with Crippen LogP contribution in [0.4, 0.5) is 11.4 Å². The van der Waals surface area contributed by atoms with Crippen molar-refractivity contribution in [3.8, 4) is 5.75 Å². The van der Waals surface area contributed by atoms with Crippen molar-refractivity contribution in [3.63, 3.8) is 0 Å². The van der Waals surface area contributed by atoms with E-state index >= 15 is 0 Å². The molecule has 0 unspecified atom stereocenters. The number of hydrogen-bond donors (Lipinski definition) is 1. The second kappa shape index (κ2) is 5.09. The maximum atomic E-state index is 5.92. The van der Waals surface area contributed by atoms with Crippen LogP contribution in [0, 0.1) is 5.92 Å². The predicted molar refractivity (Wildman–Crippen MR) is 81.4 cm³/mol. The van der Waals surface area contributed by atoms with E-state index in [1.54, 1.807) is 0 Å². The van der Waals surface area contributed by atoms with E-state index < -0.39 is 0 Å². The molecule has 0 amide bonds. The average molecular weight is 271 g/mol. The van der Waals surface area contributed by atoms with E-state index in [0.29, 0.717) is 6.04 Å². The SMILES string of the molecule is C1=Nc2ccc(OCC3CC3)cc2N2CCNC[C@@H]2C1. The molecule has 0 spiro atoms. The van der Waals surface area contributed by atoms with Gasteiger partial charge in [0.15, 0.2) is 0 Å². The van der Waals surface area contributed by atoms with Crippen LogP contribution in [0.3, 0.4) is 0 Å². The van der Waals surface area contributed by atoms with Crippen LogP contribution < -0.4 is 15.0 Å². The van der Waals surface area contributed by atoms with Gasteiger partial charge in [-0.15, -0.1) is 0 Å². The van der Waals surface area contributed by atoms with Crippen molar-refractivity contribution in [3.05, 3.63) is 18.2 Å². The third kappa shape index (κ3) is 2.40. The van der Waals surface area contributed by atoms with Gasteiger partial charge >= 0.3 is 0 Å². The minimum atomic E-state index is 0.521. The number of aliphatic imine (C=N–C) groups is 1. The van der Waals surface area contributed by atoms with Crippen LogP contribution in [-0.2, 0) is 0 Å². The molecule has 0 radical (unpaired) electrons. The zero-order valence-corrected chi connectivity index (χ0v) is 11.7. The van der Waals surface area contributed by atoms with Crippen LogP contribution in [-0.4, -0.2) is 38.5 Å². The summed E-state index contributed by atoms with van der Waals surface area (Å²) in [5, 5.41) is 3.47. The molecule has 20 heavy (non-hydrogen) atoms. The first-order valence-electron chi connectivity index (χ1n) is 7.67. The van der Waals surface area contributed by atoms with Crippen LogP contribution in [0.5, 0.6) is 5.75 Å². The molecule has 1 saturated heterocycles. The Hall–Kier alpha value is -1.55. The van der Waals surface area contributed by atoms with Crippen molar-refractivity contribution in [1.29, 1.82) is 0 Å². The topological polar surface area (TPSA) is 36.9 Å². The Morgan fingerprint density at radius 1 is 1.35 bits per heavy atom. The lowest BCUT2D eigenvalue weighted by molar-refractivity contribution is 0.300. The first-order chi connectivity index (χ1) is 9.90. The molecule has 2 heterocycles. The molecule has 1 N–H and O–H groups in total. The fourth-order valence-electron chi connectivity index (χ4n) is 2.99. The molecular formula is C16H21N3O. The highest BCUT2D eigenvalue weighted by molar-refractivity contribution is 5.78. The second-order valence-corrected chi connectivity index (χ2v) is 6.00. The summed E-state index contributed by atoms with van der Waals surface area (Å²) in [4.78, 5) is 7.10. The number of rotatable bonds is 3. The van der Waals surface area contributed by atoms with E-state index in [4.69, 9.17) is 4.74 Å². The zero-order valence-electron chi connectivity index (χ0n) is 11.7. The minimum absolute atomic E-state index is 0.521. The van der Waals surface area contributed by atoms with Crippen LogP contribution in [0.15, 0.2) is 23.2 Å². The highest BCUT2D eigenvalue weighted by Gasteiger charge is 2.26. The molecule has 1 aromatic rings. The van der Waals surface area contributed by atoms with Gasteiger partial charge in [0.05, 0.1) is 18.0 Å². The Kier molecular flexibility index (Phi) is 3.11. The number of fused-ring (bicyclic) bond motifs is 3. The normalized spacial score (nSPS) is 24.8. The molecule has 1 atom stereocenters. The Balaban J connectivity index is 1.61. The molecule has 4 heteroatoms. The standard InChI is InChI=1S/C16H21N3O/c1-2-12(1)11-20-14-3-4-15-16(9-14)19-8-7-17-10-13(19)5-6-18-15/h3-4,6,9,12-13,17H,1-2,5,7-8,10-11H2/t13-/m0/s1. The van der Waals surface area contributed by atoms with Gasteiger partial charge in [-0.3, -0.25) is 4.99 Å². The molecule has 2 fully saturated rings. The van der Waals surface area contributed by atoms with Gasteiger partial charge in [0.1, 0.15) is 5.75 Å². The lowest BCUT2D eigenvalue weighted by atomic mass is 10.1. The van der Waals surface area contributed by atoms with E-state index in [1.807, 2.05) is 0 Å². The van der Waals surface area contributed by atoms with Gasteiger partial charge in [-0.25, -0.2) is 0 Å². The first-order valence-corrected chi connectivity index (χ1v) is 7.67. The zero-order chi connectivity index (χ0) is 13.4. The minimum Gasteiger partial charge on any atom is -0.493 e. The Bertz CT molecular complexity index is 524. The smallest absolute Gasteiger partial charge is 0.121 e. The molecule has 1 saturated carbocycles. The van der Waals surface area contributed by atoms with Gasteiger partial charge in [0, 0.05) is 44.4 Å². The monoisotopic (exact) mass is 271 g/mol. The molecule has 3 aliphatic rings. The summed E-state index contributed by atoms with van der Waals surface area (Å²) in [6.45, 7) is 4.00.